The second-order valence-electron chi connectivity index (χ2n) is 7.35. The minimum atomic E-state index is -0.888. The third kappa shape index (κ3) is 2.56. The summed E-state index contributed by atoms with van der Waals surface area (Å²) in [6.45, 7) is 3.51. The van der Waals surface area contributed by atoms with Crippen molar-refractivity contribution in [1.82, 2.24) is 20.0 Å². The highest BCUT2D eigenvalue weighted by Crippen LogP contribution is 2.40. The molecule has 9 nitrogen and oxygen atoms in total. The Morgan fingerprint density at radius 1 is 1.17 bits per heavy atom. The smallest absolute Gasteiger partial charge is 0.407 e. The topological polar surface area (TPSA) is 102 Å². The second kappa shape index (κ2) is 5.51. The van der Waals surface area contributed by atoms with Gasteiger partial charge in [-0.1, -0.05) is 0 Å². The Morgan fingerprint density at radius 2 is 1.92 bits per heavy atom. The molecule has 132 valence electrons. The molecule has 0 aromatic rings. The summed E-state index contributed by atoms with van der Waals surface area (Å²) < 4.78 is 5.52. The van der Waals surface area contributed by atoms with Gasteiger partial charge in [0.05, 0.1) is 12.1 Å². The Balaban J connectivity index is 1.34. The molecule has 4 aliphatic heterocycles. The minimum Gasteiger partial charge on any atom is -0.465 e. The highest BCUT2D eigenvalue weighted by Gasteiger charge is 2.51. The van der Waals surface area contributed by atoms with E-state index in [0.29, 0.717) is 39.3 Å². The lowest BCUT2D eigenvalue weighted by Gasteiger charge is -2.46. The quantitative estimate of drug-likeness (QED) is 0.613. The first-order chi connectivity index (χ1) is 11.5. The van der Waals surface area contributed by atoms with Gasteiger partial charge in [0.1, 0.15) is 6.61 Å². The average Bonchev–Trinajstić information content (AvgIpc) is 2.97. The van der Waals surface area contributed by atoms with Crippen molar-refractivity contribution in [2.75, 3.05) is 45.9 Å². The predicted molar refractivity (Wildman–Crippen MR) is 81.5 cm³/mol. The number of carboxylic acid groups (broad SMARTS) is 1. The fourth-order valence-corrected chi connectivity index (χ4v) is 4.33. The van der Waals surface area contributed by atoms with Crippen LogP contribution in [0.1, 0.15) is 12.8 Å². The lowest BCUT2D eigenvalue weighted by Crippen LogP contribution is -2.63. The van der Waals surface area contributed by atoms with Crippen LogP contribution >= 0.6 is 0 Å². The van der Waals surface area contributed by atoms with E-state index in [1.807, 2.05) is 4.90 Å². The number of carbonyl (C=O) groups is 3. The molecule has 0 bridgehead atoms. The van der Waals surface area contributed by atoms with Crippen LogP contribution in [0.4, 0.5) is 9.59 Å². The molecule has 4 amide bonds. The fraction of sp³-hybridized carbons (Fsp3) is 0.800. The summed E-state index contributed by atoms with van der Waals surface area (Å²) in [7, 11) is 0. The summed E-state index contributed by atoms with van der Waals surface area (Å²) in [6.07, 6.45) is 0.679. The van der Waals surface area contributed by atoms with Crippen molar-refractivity contribution in [3.63, 3.8) is 0 Å². The molecule has 2 N–H and O–H groups in total. The summed E-state index contributed by atoms with van der Waals surface area (Å²) >= 11 is 0. The molecular weight excluding hydrogens is 316 g/mol. The number of piperidine rings is 1. The summed E-state index contributed by atoms with van der Waals surface area (Å²) in [5.74, 6) is -0.131. The van der Waals surface area contributed by atoms with Gasteiger partial charge in [0, 0.05) is 44.7 Å². The van der Waals surface area contributed by atoms with Gasteiger partial charge in [0.2, 0.25) is 5.91 Å². The number of nitrogens with one attached hydrogen (secondary N) is 1. The molecule has 4 saturated heterocycles. The van der Waals surface area contributed by atoms with Gasteiger partial charge in [-0.2, -0.15) is 0 Å². The van der Waals surface area contributed by atoms with Gasteiger partial charge in [-0.05, 0) is 12.8 Å². The Bertz CT molecular complexity index is 576. The number of ether oxygens (including phenoxy) is 1. The Labute approximate surface area is 139 Å². The molecule has 0 saturated carbocycles. The van der Waals surface area contributed by atoms with Gasteiger partial charge in [-0.15, -0.1) is 0 Å². The third-order valence-corrected chi connectivity index (χ3v) is 5.63. The number of urea groups is 1. The molecular formula is C15H22N4O5. The molecule has 4 aliphatic rings. The van der Waals surface area contributed by atoms with Crippen LogP contribution in [-0.2, 0) is 9.53 Å². The van der Waals surface area contributed by atoms with Crippen LogP contribution < -0.4 is 5.32 Å². The second-order valence-corrected chi connectivity index (χ2v) is 7.35. The van der Waals surface area contributed by atoms with E-state index in [0.717, 1.165) is 12.8 Å². The average molecular weight is 338 g/mol. The number of likely N-dealkylation sites (tertiary alicyclic amines) is 3. The van der Waals surface area contributed by atoms with Crippen LogP contribution in [0.25, 0.3) is 0 Å². The molecule has 0 unspecified atom stereocenters. The van der Waals surface area contributed by atoms with E-state index in [1.54, 1.807) is 4.90 Å². The zero-order chi connectivity index (χ0) is 16.9. The number of morpholine rings is 1. The first kappa shape index (κ1) is 15.5. The summed E-state index contributed by atoms with van der Waals surface area (Å²) in [6, 6.07) is -0.148. The number of hydrogen-bond acceptors (Lipinski definition) is 4. The molecule has 0 aromatic carbocycles. The minimum absolute atomic E-state index is 0.00701. The highest BCUT2D eigenvalue weighted by atomic mass is 16.5. The normalized spacial score (nSPS) is 31.5. The monoisotopic (exact) mass is 338 g/mol. The van der Waals surface area contributed by atoms with Gasteiger partial charge in [-0.25, -0.2) is 9.59 Å². The molecule has 24 heavy (non-hydrogen) atoms. The van der Waals surface area contributed by atoms with Crippen molar-refractivity contribution < 1.29 is 24.2 Å². The summed E-state index contributed by atoms with van der Waals surface area (Å²) in [5.41, 5.74) is -0.0610. The maximum absolute atomic E-state index is 12.8. The SMILES string of the molecule is O=C1CO[C@H]2CCN(C(=O)N3CCC4(CN(C(=O)O)C4)C3)C[C@H]2N1. The van der Waals surface area contributed by atoms with Crippen LogP contribution in [0.3, 0.4) is 0 Å². The molecule has 2 atom stereocenters. The molecule has 0 radical (unpaired) electrons. The lowest BCUT2D eigenvalue weighted by atomic mass is 9.79. The number of nitrogens with zero attached hydrogens (tertiary/aromatic N) is 3. The van der Waals surface area contributed by atoms with Crippen molar-refractivity contribution in [3.05, 3.63) is 0 Å². The lowest BCUT2D eigenvalue weighted by molar-refractivity contribution is -0.139. The van der Waals surface area contributed by atoms with E-state index >= 15 is 0 Å². The maximum Gasteiger partial charge on any atom is 0.407 e. The standard InChI is InChI=1S/C15H22N4O5/c20-12-6-24-11-1-3-17(5-10(11)16-12)13(21)18-4-2-15(7-18)8-19(9-15)14(22)23/h10-11H,1-9H2,(H,16,20)(H,22,23)/t10-,11+/m1/s1. The number of carbonyl (C=O) groups excluding carboxylic acids is 2. The Morgan fingerprint density at radius 3 is 2.67 bits per heavy atom. The van der Waals surface area contributed by atoms with Crippen molar-refractivity contribution in [3.8, 4) is 0 Å². The van der Waals surface area contributed by atoms with Crippen LogP contribution in [0.15, 0.2) is 0 Å². The van der Waals surface area contributed by atoms with E-state index in [-0.39, 0.29) is 36.1 Å². The van der Waals surface area contributed by atoms with E-state index in [1.165, 1.54) is 4.90 Å². The van der Waals surface area contributed by atoms with Gasteiger partial charge in [0.25, 0.3) is 0 Å². The van der Waals surface area contributed by atoms with E-state index in [2.05, 4.69) is 5.32 Å². The maximum atomic E-state index is 12.8. The van der Waals surface area contributed by atoms with Crippen molar-refractivity contribution in [2.24, 2.45) is 5.41 Å². The number of hydrogen-bond donors (Lipinski definition) is 2. The Kier molecular flexibility index (Phi) is 3.56. The van der Waals surface area contributed by atoms with E-state index < -0.39 is 6.09 Å². The zero-order valence-corrected chi connectivity index (χ0v) is 13.4. The molecule has 4 heterocycles. The Hall–Kier alpha value is -2.03. The first-order valence-electron chi connectivity index (χ1n) is 8.38. The summed E-state index contributed by atoms with van der Waals surface area (Å²) in [5, 5.41) is 11.9. The van der Waals surface area contributed by atoms with Crippen molar-refractivity contribution >= 4 is 18.0 Å². The highest BCUT2D eigenvalue weighted by molar-refractivity contribution is 5.79. The number of fused-ring (bicyclic) bond motifs is 1. The first-order valence-corrected chi connectivity index (χ1v) is 8.38. The largest absolute Gasteiger partial charge is 0.465 e. The van der Waals surface area contributed by atoms with Crippen LogP contribution in [-0.4, -0.2) is 95.9 Å². The predicted octanol–water partition coefficient (Wildman–Crippen LogP) is -0.619. The van der Waals surface area contributed by atoms with Crippen LogP contribution in [0.5, 0.6) is 0 Å². The van der Waals surface area contributed by atoms with E-state index in [9.17, 15) is 14.4 Å². The van der Waals surface area contributed by atoms with Gasteiger partial charge in [-0.3, -0.25) is 4.79 Å². The van der Waals surface area contributed by atoms with Gasteiger partial charge < -0.3 is 29.9 Å². The van der Waals surface area contributed by atoms with Gasteiger partial charge >= 0.3 is 12.1 Å². The van der Waals surface area contributed by atoms with Crippen LogP contribution in [0.2, 0.25) is 0 Å². The zero-order valence-electron chi connectivity index (χ0n) is 13.4. The summed E-state index contributed by atoms with van der Waals surface area (Å²) in [4.78, 5) is 40.2. The van der Waals surface area contributed by atoms with Crippen LogP contribution in [0, 0.1) is 5.41 Å². The van der Waals surface area contributed by atoms with Crippen molar-refractivity contribution in [1.29, 1.82) is 0 Å². The molecule has 9 heteroatoms. The molecule has 0 aromatic heterocycles. The molecule has 0 aliphatic carbocycles. The van der Waals surface area contributed by atoms with Crippen molar-refractivity contribution in [2.45, 2.75) is 25.0 Å². The molecule has 1 spiro atoms. The van der Waals surface area contributed by atoms with E-state index in [4.69, 9.17) is 9.84 Å². The number of amides is 4. The fourth-order valence-electron chi connectivity index (χ4n) is 4.33. The molecule has 4 fully saturated rings. The number of rotatable bonds is 0. The van der Waals surface area contributed by atoms with Gasteiger partial charge in [0.15, 0.2) is 0 Å². The molecule has 4 rings (SSSR count). The third-order valence-electron chi connectivity index (χ3n) is 5.63.